The summed E-state index contributed by atoms with van der Waals surface area (Å²) in [6, 6.07) is 8.34. The van der Waals surface area contributed by atoms with Crippen molar-refractivity contribution in [3.05, 3.63) is 46.5 Å². The summed E-state index contributed by atoms with van der Waals surface area (Å²) in [6.07, 6.45) is 4.82. The SMILES string of the molecule is CCC(Cc1ccco1)N1CCCN(C(=O)c2cccs2)CC1. The first kappa shape index (κ1) is 16.3. The number of carbonyl (C=O) groups is 1. The van der Waals surface area contributed by atoms with Crippen molar-refractivity contribution >= 4 is 17.2 Å². The van der Waals surface area contributed by atoms with Crippen LogP contribution in [0.3, 0.4) is 0 Å². The Morgan fingerprint density at radius 2 is 2.17 bits per heavy atom. The van der Waals surface area contributed by atoms with Crippen molar-refractivity contribution in [2.75, 3.05) is 26.2 Å². The summed E-state index contributed by atoms with van der Waals surface area (Å²) in [4.78, 5) is 17.9. The molecule has 5 heteroatoms. The fourth-order valence-corrected chi connectivity index (χ4v) is 3.95. The Kier molecular flexibility index (Phi) is 5.51. The van der Waals surface area contributed by atoms with Crippen LogP contribution in [0.25, 0.3) is 0 Å². The maximum Gasteiger partial charge on any atom is 0.263 e. The summed E-state index contributed by atoms with van der Waals surface area (Å²) in [5.41, 5.74) is 0. The molecule has 1 atom stereocenters. The van der Waals surface area contributed by atoms with Crippen LogP contribution >= 0.6 is 11.3 Å². The zero-order valence-electron chi connectivity index (χ0n) is 13.6. The standard InChI is InChI=1S/C18H24N2O2S/c1-2-15(14-16-6-3-12-22-16)19-8-5-9-20(11-10-19)18(21)17-7-4-13-23-17/h3-4,6-7,12-13,15H,2,5,8-11,14H2,1H3. The highest BCUT2D eigenvalue weighted by Crippen LogP contribution is 2.18. The van der Waals surface area contributed by atoms with Crippen LogP contribution in [0.1, 0.15) is 35.2 Å². The molecular formula is C18H24N2O2S. The number of hydrogen-bond acceptors (Lipinski definition) is 4. The summed E-state index contributed by atoms with van der Waals surface area (Å²) in [7, 11) is 0. The summed E-state index contributed by atoms with van der Waals surface area (Å²) < 4.78 is 5.51. The van der Waals surface area contributed by atoms with Crippen molar-refractivity contribution in [1.29, 1.82) is 0 Å². The molecule has 3 heterocycles. The highest BCUT2D eigenvalue weighted by atomic mass is 32.1. The molecule has 2 aromatic heterocycles. The molecule has 0 saturated carbocycles. The molecule has 0 aliphatic carbocycles. The Bertz CT molecular complexity index is 595. The van der Waals surface area contributed by atoms with Crippen LogP contribution in [-0.4, -0.2) is 47.9 Å². The normalized spacial score (nSPS) is 17.9. The topological polar surface area (TPSA) is 36.7 Å². The lowest BCUT2D eigenvalue weighted by Gasteiger charge is -2.29. The predicted octanol–water partition coefficient (Wildman–Crippen LogP) is 3.51. The van der Waals surface area contributed by atoms with Gasteiger partial charge in [-0.05, 0) is 36.4 Å². The maximum absolute atomic E-state index is 12.5. The molecule has 1 unspecified atom stereocenters. The highest BCUT2D eigenvalue weighted by Gasteiger charge is 2.24. The average Bonchev–Trinajstić information content (AvgIpc) is 3.22. The van der Waals surface area contributed by atoms with Crippen molar-refractivity contribution < 1.29 is 9.21 Å². The minimum absolute atomic E-state index is 0.181. The summed E-state index contributed by atoms with van der Waals surface area (Å²) in [6.45, 7) is 5.88. The average molecular weight is 332 g/mol. The van der Waals surface area contributed by atoms with Gasteiger partial charge in [0.25, 0.3) is 5.91 Å². The minimum Gasteiger partial charge on any atom is -0.469 e. The zero-order valence-corrected chi connectivity index (χ0v) is 14.4. The molecule has 1 aliphatic rings. The molecule has 1 saturated heterocycles. The Hall–Kier alpha value is -1.59. The molecule has 124 valence electrons. The van der Waals surface area contributed by atoms with Crippen LogP contribution in [0.4, 0.5) is 0 Å². The second-order valence-corrected chi connectivity index (χ2v) is 6.95. The summed E-state index contributed by atoms with van der Waals surface area (Å²) in [5.74, 6) is 1.23. The molecule has 1 aliphatic heterocycles. The number of carbonyl (C=O) groups excluding carboxylic acids is 1. The fraction of sp³-hybridized carbons (Fsp3) is 0.500. The molecule has 1 fully saturated rings. The van der Waals surface area contributed by atoms with Gasteiger partial charge in [0.15, 0.2) is 0 Å². The van der Waals surface area contributed by atoms with Crippen LogP contribution in [0.5, 0.6) is 0 Å². The number of furan rings is 1. The first-order valence-corrected chi connectivity index (χ1v) is 9.25. The quantitative estimate of drug-likeness (QED) is 0.841. The third kappa shape index (κ3) is 4.03. The van der Waals surface area contributed by atoms with E-state index in [0.29, 0.717) is 6.04 Å². The lowest BCUT2D eigenvalue weighted by atomic mass is 10.1. The number of nitrogens with zero attached hydrogens (tertiary/aromatic N) is 2. The number of hydrogen-bond donors (Lipinski definition) is 0. The monoisotopic (exact) mass is 332 g/mol. The molecule has 2 aromatic rings. The number of amides is 1. The Morgan fingerprint density at radius 3 is 2.87 bits per heavy atom. The highest BCUT2D eigenvalue weighted by molar-refractivity contribution is 7.12. The van der Waals surface area contributed by atoms with Crippen LogP contribution in [0.15, 0.2) is 40.3 Å². The van der Waals surface area contributed by atoms with Gasteiger partial charge in [-0.3, -0.25) is 9.69 Å². The van der Waals surface area contributed by atoms with Gasteiger partial charge in [0.2, 0.25) is 0 Å². The van der Waals surface area contributed by atoms with E-state index in [2.05, 4.69) is 11.8 Å². The smallest absolute Gasteiger partial charge is 0.263 e. The zero-order chi connectivity index (χ0) is 16.1. The van der Waals surface area contributed by atoms with Crippen molar-refractivity contribution in [2.24, 2.45) is 0 Å². The van der Waals surface area contributed by atoms with E-state index in [-0.39, 0.29) is 5.91 Å². The lowest BCUT2D eigenvalue weighted by molar-refractivity contribution is 0.0762. The van der Waals surface area contributed by atoms with E-state index in [1.807, 2.05) is 34.5 Å². The Balaban J connectivity index is 1.60. The van der Waals surface area contributed by atoms with Gasteiger partial charge in [-0.1, -0.05) is 13.0 Å². The lowest BCUT2D eigenvalue weighted by Crippen LogP contribution is -2.40. The number of rotatable bonds is 5. The van der Waals surface area contributed by atoms with Crippen LogP contribution in [0.2, 0.25) is 0 Å². The molecule has 0 N–H and O–H groups in total. The van der Waals surface area contributed by atoms with E-state index in [0.717, 1.165) is 56.1 Å². The predicted molar refractivity (Wildman–Crippen MR) is 92.9 cm³/mol. The van der Waals surface area contributed by atoms with E-state index in [1.165, 1.54) is 11.3 Å². The van der Waals surface area contributed by atoms with Gasteiger partial charge < -0.3 is 9.32 Å². The van der Waals surface area contributed by atoms with Crippen molar-refractivity contribution in [3.63, 3.8) is 0 Å². The molecule has 0 spiro atoms. The van der Waals surface area contributed by atoms with Gasteiger partial charge in [-0.2, -0.15) is 0 Å². The van der Waals surface area contributed by atoms with Crippen LogP contribution in [-0.2, 0) is 6.42 Å². The van der Waals surface area contributed by atoms with Crippen LogP contribution in [0, 0.1) is 0 Å². The van der Waals surface area contributed by atoms with Gasteiger partial charge in [0, 0.05) is 38.6 Å². The summed E-state index contributed by atoms with van der Waals surface area (Å²) in [5, 5.41) is 1.97. The molecule has 23 heavy (non-hydrogen) atoms. The molecule has 0 radical (unpaired) electrons. The summed E-state index contributed by atoms with van der Waals surface area (Å²) >= 11 is 1.53. The first-order chi connectivity index (χ1) is 11.3. The molecule has 0 bridgehead atoms. The Morgan fingerprint density at radius 1 is 1.26 bits per heavy atom. The van der Waals surface area contributed by atoms with Crippen molar-refractivity contribution in [1.82, 2.24) is 9.80 Å². The second-order valence-electron chi connectivity index (χ2n) is 6.00. The van der Waals surface area contributed by atoms with Gasteiger partial charge in [-0.25, -0.2) is 0 Å². The van der Waals surface area contributed by atoms with Crippen LogP contribution < -0.4 is 0 Å². The van der Waals surface area contributed by atoms with E-state index in [4.69, 9.17) is 4.42 Å². The second kappa shape index (κ2) is 7.79. The van der Waals surface area contributed by atoms with E-state index >= 15 is 0 Å². The molecule has 0 aromatic carbocycles. The molecule has 3 rings (SSSR count). The third-order valence-corrected chi connectivity index (χ3v) is 5.41. The van der Waals surface area contributed by atoms with Gasteiger partial charge >= 0.3 is 0 Å². The number of thiophene rings is 1. The molecular weight excluding hydrogens is 308 g/mol. The van der Waals surface area contributed by atoms with Crippen molar-refractivity contribution in [2.45, 2.75) is 32.2 Å². The molecule has 4 nitrogen and oxygen atoms in total. The maximum atomic E-state index is 12.5. The minimum atomic E-state index is 0.181. The van der Waals surface area contributed by atoms with E-state index in [1.54, 1.807) is 6.26 Å². The largest absolute Gasteiger partial charge is 0.469 e. The third-order valence-electron chi connectivity index (χ3n) is 4.55. The van der Waals surface area contributed by atoms with Gasteiger partial charge in [0.1, 0.15) is 5.76 Å². The van der Waals surface area contributed by atoms with E-state index in [9.17, 15) is 4.79 Å². The van der Waals surface area contributed by atoms with Gasteiger partial charge in [-0.15, -0.1) is 11.3 Å². The van der Waals surface area contributed by atoms with Crippen molar-refractivity contribution in [3.8, 4) is 0 Å². The van der Waals surface area contributed by atoms with E-state index < -0.39 is 0 Å². The first-order valence-electron chi connectivity index (χ1n) is 8.37. The Labute approximate surface area is 141 Å². The van der Waals surface area contributed by atoms with Gasteiger partial charge in [0.05, 0.1) is 11.1 Å². The fourth-order valence-electron chi connectivity index (χ4n) is 3.25. The molecule has 1 amide bonds.